The highest BCUT2D eigenvalue weighted by atomic mass is 16.5. The number of nitrogen functional groups attached to an aromatic ring is 1. The third-order valence-electron chi connectivity index (χ3n) is 4.36. The minimum atomic E-state index is -0.332. The molecular formula is C19H21N5O2. The molecule has 0 fully saturated rings. The average Bonchev–Trinajstić information content (AvgIpc) is 3.05. The number of nitrogens with one attached hydrogen (secondary N) is 2. The molecule has 0 bridgehead atoms. The lowest BCUT2D eigenvalue weighted by Crippen LogP contribution is -2.27. The van der Waals surface area contributed by atoms with E-state index in [-0.39, 0.29) is 28.7 Å². The zero-order valence-corrected chi connectivity index (χ0v) is 14.6. The van der Waals surface area contributed by atoms with Crippen molar-refractivity contribution in [2.45, 2.75) is 19.3 Å². The van der Waals surface area contributed by atoms with Crippen molar-refractivity contribution in [1.29, 1.82) is 5.26 Å². The molecule has 1 aromatic carbocycles. The van der Waals surface area contributed by atoms with Gasteiger partial charge in [0.15, 0.2) is 0 Å². The molecule has 1 unspecified atom stereocenters. The number of benzene rings is 1. The van der Waals surface area contributed by atoms with Gasteiger partial charge in [-0.05, 0) is 31.0 Å². The van der Waals surface area contributed by atoms with Crippen LogP contribution in [0.25, 0.3) is 0 Å². The van der Waals surface area contributed by atoms with Crippen LogP contribution >= 0.6 is 0 Å². The van der Waals surface area contributed by atoms with E-state index in [2.05, 4.69) is 27.8 Å². The molecule has 2 heterocycles. The van der Waals surface area contributed by atoms with E-state index >= 15 is 0 Å². The van der Waals surface area contributed by atoms with Crippen molar-refractivity contribution in [2.24, 2.45) is 0 Å². The SMILES string of the molecule is CCOc1nc(C(=O)NCCC2CNc3ccccc32)cc(N)c1C#N. The Morgan fingerprint density at radius 1 is 1.50 bits per heavy atom. The van der Waals surface area contributed by atoms with Crippen LogP contribution < -0.4 is 21.1 Å². The summed E-state index contributed by atoms with van der Waals surface area (Å²) < 4.78 is 5.32. The molecule has 0 aliphatic carbocycles. The normalized spacial score (nSPS) is 14.8. The lowest BCUT2D eigenvalue weighted by atomic mass is 9.98. The maximum Gasteiger partial charge on any atom is 0.270 e. The number of ether oxygens (including phenoxy) is 1. The molecule has 4 N–H and O–H groups in total. The molecule has 0 saturated heterocycles. The summed E-state index contributed by atoms with van der Waals surface area (Å²) in [6.45, 7) is 3.50. The molecule has 0 saturated carbocycles. The van der Waals surface area contributed by atoms with E-state index in [1.165, 1.54) is 11.6 Å². The number of hydrogen-bond acceptors (Lipinski definition) is 6. The van der Waals surface area contributed by atoms with Crippen LogP contribution in [0, 0.1) is 11.3 Å². The van der Waals surface area contributed by atoms with Gasteiger partial charge >= 0.3 is 0 Å². The smallest absolute Gasteiger partial charge is 0.270 e. The standard InChI is InChI=1S/C19H21N5O2/c1-2-26-19-14(10-20)15(21)9-17(24-19)18(25)22-8-7-12-11-23-16-6-4-3-5-13(12)16/h3-6,9,12,23H,2,7-8,11H2,1H3,(H2,21,24)(H,22,25). The van der Waals surface area contributed by atoms with Crippen LogP contribution in [-0.4, -0.2) is 30.6 Å². The van der Waals surface area contributed by atoms with E-state index in [9.17, 15) is 4.79 Å². The number of amides is 1. The summed E-state index contributed by atoms with van der Waals surface area (Å²) in [6, 6.07) is 11.6. The van der Waals surface area contributed by atoms with Crippen molar-refractivity contribution in [1.82, 2.24) is 10.3 Å². The third-order valence-corrected chi connectivity index (χ3v) is 4.36. The predicted molar refractivity (Wildman–Crippen MR) is 99.2 cm³/mol. The fourth-order valence-electron chi connectivity index (χ4n) is 3.08. The van der Waals surface area contributed by atoms with Crippen LogP contribution in [0.4, 0.5) is 11.4 Å². The van der Waals surface area contributed by atoms with E-state index in [1.54, 1.807) is 6.92 Å². The minimum Gasteiger partial charge on any atom is -0.477 e. The first-order valence-electron chi connectivity index (χ1n) is 8.58. The Balaban J connectivity index is 1.63. The number of rotatable bonds is 6. The fourth-order valence-corrected chi connectivity index (χ4v) is 3.08. The predicted octanol–water partition coefficient (Wildman–Crippen LogP) is 2.26. The minimum absolute atomic E-state index is 0.0917. The summed E-state index contributed by atoms with van der Waals surface area (Å²) in [6.07, 6.45) is 0.819. The number of fused-ring (bicyclic) bond motifs is 1. The van der Waals surface area contributed by atoms with Gasteiger partial charge in [0.1, 0.15) is 17.3 Å². The van der Waals surface area contributed by atoms with Crippen LogP contribution in [0.1, 0.15) is 40.9 Å². The first-order chi connectivity index (χ1) is 12.6. The lowest BCUT2D eigenvalue weighted by molar-refractivity contribution is 0.0946. The number of anilines is 2. The van der Waals surface area contributed by atoms with Gasteiger partial charge in [0.05, 0.1) is 12.3 Å². The first kappa shape index (κ1) is 17.5. The Morgan fingerprint density at radius 3 is 3.08 bits per heavy atom. The second kappa shape index (κ2) is 7.74. The number of nitrogens with zero attached hydrogens (tertiary/aromatic N) is 2. The number of nitriles is 1. The summed E-state index contributed by atoms with van der Waals surface area (Å²) in [5.41, 5.74) is 8.77. The molecule has 7 heteroatoms. The molecule has 0 spiro atoms. The van der Waals surface area contributed by atoms with Gasteiger partial charge in [-0.15, -0.1) is 0 Å². The van der Waals surface area contributed by atoms with Crippen LogP contribution in [-0.2, 0) is 0 Å². The van der Waals surface area contributed by atoms with Gasteiger partial charge in [0.25, 0.3) is 5.91 Å². The van der Waals surface area contributed by atoms with E-state index in [0.29, 0.717) is 19.1 Å². The van der Waals surface area contributed by atoms with Crippen LogP contribution in [0.15, 0.2) is 30.3 Å². The zero-order chi connectivity index (χ0) is 18.5. The monoisotopic (exact) mass is 351 g/mol. The number of hydrogen-bond donors (Lipinski definition) is 3. The summed E-state index contributed by atoms with van der Waals surface area (Å²) in [5.74, 6) is 0.125. The Bertz CT molecular complexity index is 859. The summed E-state index contributed by atoms with van der Waals surface area (Å²) in [4.78, 5) is 16.5. The quantitative estimate of drug-likeness (QED) is 0.736. The zero-order valence-electron chi connectivity index (χ0n) is 14.6. The number of aromatic nitrogens is 1. The van der Waals surface area contributed by atoms with Crippen LogP contribution in [0.2, 0.25) is 0 Å². The summed E-state index contributed by atoms with van der Waals surface area (Å²) >= 11 is 0. The molecule has 1 aliphatic rings. The largest absolute Gasteiger partial charge is 0.477 e. The summed E-state index contributed by atoms with van der Waals surface area (Å²) in [7, 11) is 0. The van der Waals surface area contributed by atoms with E-state index < -0.39 is 0 Å². The van der Waals surface area contributed by atoms with E-state index in [4.69, 9.17) is 15.7 Å². The molecule has 26 heavy (non-hydrogen) atoms. The highest BCUT2D eigenvalue weighted by Gasteiger charge is 2.22. The van der Waals surface area contributed by atoms with Crippen molar-refractivity contribution >= 4 is 17.3 Å². The molecule has 2 aromatic rings. The van der Waals surface area contributed by atoms with Crippen molar-refractivity contribution in [3.05, 3.63) is 47.2 Å². The molecule has 7 nitrogen and oxygen atoms in total. The Morgan fingerprint density at radius 2 is 2.31 bits per heavy atom. The number of pyridine rings is 1. The lowest BCUT2D eigenvalue weighted by Gasteiger charge is -2.12. The highest BCUT2D eigenvalue weighted by molar-refractivity contribution is 5.93. The van der Waals surface area contributed by atoms with Crippen molar-refractivity contribution < 1.29 is 9.53 Å². The molecule has 1 aliphatic heterocycles. The second-order valence-corrected chi connectivity index (χ2v) is 6.03. The number of para-hydroxylation sites is 1. The fraction of sp³-hybridized carbons (Fsp3) is 0.316. The van der Waals surface area contributed by atoms with Crippen molar-refractivity contribution in [3.63, 3.8) is 0 Å². The Hall–Kier alpha value is -3.27. The molecule has 1 aromatic heterocycles. The van der Waals surface area contributed by atoms with E-state index in [1.807, 2.05) is 18.2 Å². The van der Waals surface area contributed by atoms with Gasteiger partial charge in [0, 0.05) is 24.7 Å². The molecular weight excluding hydrogens is 330 g/mol. The average molecular weight is 351 g/mol. The highest BCUT2D eigenvalue weighted by Crippen LogP contribution is 2.32. The maximum absolute atomic E-state index is 12.4. The van der Waals surface area contributed by atoms with Gasteiger partial charge in [-0.25, -0.2) is 4.98 Å². The Labute approximate surface area is 152 Å². The van der Waals surface area contributed by atoms with Gasteiger partial charge < -0.3 is 21.1 Å². The van der Waals surface area contributed by atoms with Crippen molar-refractivity contribution in [3.8, 4) is 11.9 Å². The number of carbonyl (C=O) groups is 1. The topological polar surface area (TPSA) is 113 Å². The van der Waals surface area contributed by atoms with Gasteiger partial charge in [-0.3, -0.25) is 4.79 Å². The maximum atomic E-state index is 12.4. The Kier molecular flexibility index (Phi) is 5.23. The van der Waals surface area contributed by atoms with Gasteiger partial charge in [-0.1, -0.05) is 18.2 Å². The summed E-state index contributed by atoms with van der Waals surface area (Å²) in [5, 5.41) is 15.4. The molecule has 3 rings (SSSR count). The molecule has 134 valence electrons. The van der Waals surface area contributed by atoms with Crippen LogP contribution in [0.5, 0.6) is 5.88 Å². The molecule has 0 radical (unpaired) electrons. The van der Waals surface area contributed by atoms with Gasteiger partial charge in [-0.2, -0.15) is 5.26 Å². The third kappa shape index (κ3) is 3.54. The molecule has 1 atom stereocenters. The molecule has 1 amide bonds. The van der Waals surface area contributed by atoms with Gasteiger partial charge in [0.2, 0.25) is 5.88 Å². The van der Waals surface area contributed by atoms with Crippen molar-refractivity contribution in [2.75, 3.05) is 30.7 Å². The first-order valence-corrected chi connectivity index (χ1v) is 8.58. The number of carbonyl (C=O) groups excluding carboxylic acids is 1. The van der Waals surface area contributed by atoms with Crippen LogP contribution in [0.3, 0.4) is 0 Å². The number of nitrogens with two attached hydrogens (primary N) is 1. The van der Waals surface area contributed by atoms with E-state index in [0.717, 1.165) is 18.7 Å². The second-order valence-electron chi connectivity index (χ2n) is 6.03.